The van der Waals surface area contributed by atoms with Crippen LogP contribution < -0.4 is 5.32 Å². The number of carbonyl (C=O) groups excluding carboxylic acids is 1. The fourth-order valence-corrected chi connectivity index (χ4v) is 2.59. The average molecular weight is 317 g/mol. The number of halogens is 1. The molecule has 4 rings (SSSR count). The van der Waals surface area contributed by atoms with E-state index in [1.54, 1.807) is 24.3 Å². The highest BCUT2D eigenvalue weighted by Gasteiger charge is 2.13. The summed E-state index contributed by atoms with van der Waals surface area (Å²) in [7, 11) is 0. The van der Waals surface area contributed by atoms with Crippen LogP contribution in [0.4, 0.5) is 10.1 Å². The molecule has 1 N–H and O–H groups in total. The molecule has 1 aromatic heterocycles. The molecule has 4 nitrogen and oxygen atoms in total. The lowest BCUT2D eigenvalue weighted by Crippen LogP contribution is -2.13. The predicted molar refractivity (Wildman–Crippen MR) is 91.4 cm³/mol. The van der Waals surface area contributed by atoms with Crippen molar-refractivity contribution in [3.63, 3.8) is 0 Å². The van der Waals surface area contributed by atoms with Gasteiger partial charge in [0.2, 0.25) is 0 Å². The van der Waals surface area contributed by atoms with E-state index in [2.05, 4.69) is 15.3 Å². The molecular weight excluding hydrogens is 305 g/mol. The van der Waals surface area contributed by atoms with Gasteiger partial charge < -0.3 is 5.32 Å². The van der Waals surface area contributed by atoms with Crippen molar-refractivity contribution in [3.05, 3.63) is 78.1 Å². The lowest BCUT2D eigenvalue weighted by atomic mass is 10.1. The zero-order valence-corrected chi connectivity index (χ0v) is 12.5. The summed E-state index contributed by atoms with van der Waals surface area (Å²) < 4.78 is 13.3. The van der Waals surface area contributed by atoms with E-state index in [-0.39, 0.29) is 5.91 Å². The third kappa shape index (κ3) is 2.56. The molecule has 0 saturated heterocycles. The van der Waals surface area contributed by atoms with Crippen LogP contribution in [0.5, 0.6) is 0 Å². The average Bonchev–Trinajstić information content (AvgIpc) is 2.59. The standard InChI is InChI=1S/C19H12FN3O/c20-12-5-3-6-13(11-12)21-19(24)14-7-4-10-17-18(14)23-16-9-2-1-8-15(16)22-17/h1-11H,(H,21,24). The Morgan fingerprint density at radius 3 is 2.33 bits per heavy atom. The van der Waals surface area contributed by atoms with Gasteiger partial charge in [-0.25, -0.2) is 14.4 Å². The fourth-order valence-electron chi connectivity index (χ4n) is 2.59. The Morgan fingerprint density at radius 2 is 1.54 bits per heavy atom. The summed E-state index contributed by atoms with van der Waals surface area (Å²) in [6.45, 7) is 0. The first-order chi connectivity index (χ1) is 11.7. The second-order valence-electron chi connectivity index (χ2n) is 5.35. The number of hydrogen-bond acceptors (Lipinski definition) is 3. The SMILES string of the molecule is O=C(Nc1cccc(F)c1)c1cccc2nc3ccccc3nc12. The molecule has 0 aliphatic rings. The van der Waals surface area contributed by atoms with E-state index in [1.165, 1.54) is 12.1 Å². The van der Waals surface area contributed by atoms with Crippen LogP contribution >= 0.6 is 0 Å². The highest BCUT2D eigenvalue weighted by Crippen LogP contribution is 2.20. The molecule has 1 heterocycles. The molecular formula is C19H12FN3O. The Balaban J connectivity index is 1.80. The van der Waals surface area contributed by atoms with E-state index in [1.807, 2.05) is 30.3 Å². The Hall–Kier alpha value is -3.34. The molecule has 0 unspecified atom stereocenters. The monoisotopic (exact) mass is 317 g/mol. The molecule has 1 amide bonds. The number of benzene rings is 3. The van der Waals surface area contributed by atoms with Crippen LogP contribution in [0, 0.1) is 5.82 Å². The highest BCUT2D eigenvalue weighted by molar-refractivity contribution is 6.12. The molecule has 0 aliphatic carbocycles. The minimum atomic E-state index is -0.406. The van der Waals surface area contributed by atoms with E-state index in [0.29, 0.717) is 22.3 Å². The smallest absolute Gasteiger partial charge is 0.257 e. The molecule has 0 aliphatic heterocycles. The van der Waals surface area contributed by atoms with Gasteiger partial charge in [0.15, 0.2) is 0 Å². The van der Waals surface area contributed by atoms with Gasteiger partial charge in [0.05, 0.1) is 22.1 Å². The number of rotatable bonds is 2. The summed E-state index contributed by atoms with van der Waals surface area (Å²) in [5.41, 5.74) is 3.44. The Kier molecular flexibility index (Phi) is 3.39. The van der Waals surface area contributed by atoms with Gasteiger partial charge in [0.1, 0.15) is 11.3 Å². The molecule has 0 fully saturated rings. The Bertz CT molecular complexity index is 1080. The molecule has 0 atom stereocenters. The number of anilines is 1. The molecule has 24 heavy (non-hydrogen) atoms. The summed E-state index contributed by atoms with van der Waals surface area (Å²) in [5.74, 6) is -0.757. The summed E-state index contributed by atoms with van der Waals surface area (Å²) in [6.07, 6.45) is 0. The van der Waals surface area contributed by atoms with Crippen LogP contribution in [0.15, 0.2) is 66.7 Å². The first-order valence-corrected chi connectivity index (χ1v) is 7.43. The van der Waals surface area contributed by atoms with E-state index in [4.69, 9.17) is 0 Å². The minimum absolute atomic E-state index is 0.351. The van der Waals surface area contributed by atoms with Crippen molar-refractivity contribution in [2.75, 3.05) is 5.32 Å². The van der Waals surface area contributed by atoms with Crippen LogP contribution in [-0.4, -0.2) is 15.9 Å². The molecule has 0 bridgehead atoms. The molecule has 4 aromatic rings. The zero-order valence-electron chi connectivity index (χ0n) is 12.5. The third-order valence-electron chi connectivity index (χ3n) is 3.70. The number of fused-ring (bicyclic) bond motifs is 2. The number of aromatic nitrogens is 2. The van der Waals surface area contributed by atoms with Crippen molar-refractivity contribution in [3.8, 4) is 0 Å². The van der Waals surface area contributed by atoms with Crippen molar-refractivity contribution in [2.45, 2.75) is 0 Å². The third-order valence-corrected chi connectivity index (χ3v) is 3.70. The van der Waals surface area contributed by atoms with Gasteiger partial charge in [-0.2, -0.15) is 0 Å². The topological polar surface area (TPSA) is 54.9 Å². The maximum Gasteiger partial charge on any atom is 0.257 e. The fraction of sp³-hybridized carbons (Fsp3) is 0. The van der Waals surface area contributed by atoms with Crippen molar-refractivity contribution in [1.82, 2.24) is 9.97 Å². The van der Waals surface area contributed by atoms with Crippen molar-refractivity contribution in [2.24, 2.45) is 0 Å². The number of nitrogens with zero attached hydrogens (tertiary/aromatic N) is 2. The molecule has 0 spiro atoms. The van der Waals surface area contributed by atoms with E-state index in [9.17, 15) is 9.18 Å². The van der Waals surface area contributed by atoms with Crippen LogP contribution in [-0.2, 0) is 0 Å². The summed E-state index contributed by atoms with van der Waals surface area (Å²) in [5, 5.41) is 2.69. The largest absolute Gasteiger partial charge is 0.322 e. The van der Waals surface area contributed by atoms with Crippen LogP contribution in [0.1, 0.15) is 10.4 Å². The molecule has 0 saturated carbocycles. The van der Waals surface area contributed by atoms with Gasteiger partial charge >= 0.3 is 0 Å². The van der Waals surface area contributed by atoms with Gasteiger partial charge in [0.25, 0.3) is 5.91 Å². The van der Waals surface area contributed by atoms with E-state index in [0.717, 1.165) is 11.0 Å². The van der Waals surface area contributed by atoms with Crippen molar-refractivity contribution in [1.29, 1.82) is 0 Å². The number of amides is 1. The number of nitrogens with one attached hydrogen (secondary N) is 1. The molecule has 5 heteroatoms. The number of hydrogen-bond donors (Lipinski definition) is 1. The summed E-state index contributed by atoms with van der Waals surface area (Å²) >= 11 is 0. The minimum Gasteiger partial charge on any atom is -0.322 e. The van der Waals surface area contributed by atoms with Crippen LogP contribution in [0.3, 0.4) is 0 Å². The first-order valence-electron chi connectivity index (χ1n) is 7.43. The highest BCUT2D eigenvalue weighted by atomic mass is 19.1. The van der Waals surface area contributed by atoms with Gasteiger partial charge in [-0.15, -0.1) is 0 Å². The first kappa shape index (κ1) is 14.3. The molecule has 3 aromatic carbocycles. The van der Waals surface area contributed by atoms with Crippen LogP contribution in [0.2, 0.25) is 0 Å². The van der Waals surface area contributed by atoms with Crippen molar-refractivity contribution >= 4 is 33.7 Å². The normalized spacial score (nSPS) is 10.9. The lowest BCUT2D eigenvalue weighted by molar-refractivity contribution is 0.102. The van der Waals surface area contributed by atoms with Gasteiger partial charge in [-0.1, -0.05) is 24.3 Å². The maximum absolute atomic E-state index is 13.3. The second kappa shape index (κ2) is 5.70. The molecule has 116 valence electrons. The summed E-state index contributed by atoms with van der Waals surface area (Å²) in [4.78, 5) is 21.7. The van der Waals surface area contributed by atoms with E-state index >= 15 is 0 Å². The number of carbonyl (C=O) groups is 1. The van der Waals surface area contributed by atoms with Gasteiger partial charge in [-0.3, -0.25) is 4.79 Å². The lowest BCUT2D eigenvalue weighted by Gasteiger charge is -2.08. The Labute approximate surface area is 137 Å². The van der Waals surface area contributed by atoms with E-state index < -0.39 is 5.82 Å². The summed E-state index contributed by atoms with van der Waals surface area (Å²) in [6, 6.07) is 18.5. The van der Waals surface area contributed by atoms with Crippen molar-refractivity contribution < 1.29 is 9.18 Å². The van der Waals surface area contributed by atoms with Gasteiger partial charge in [0, 0.05) is 5.69 Å². The second-order valence-corrected chi connectivity index (χ2v) is 5.35. The predicted octanol–water partition coefficient (Wildman–Crippen LogP) is 4.17. The zero-order chi connectivity index (χ0) is 16.5. The molecule has 0 radical (unpaired) electrons. The van der Waals surface area contributed by atoms with Gasteiger partial charge in [-0.05, 0) is 42.5 Å². The number of para-hydroxylation sites is 3. The Morgan fingerprint density at radius 1 is 0.833 bits per heavy atom. The van der Waals surface area contributed by atoms with Crippen LogP contribution in [0.25, 0.3) is 22.1 Å². The maximum atomic E-state index is 13.3. The quantitative estimate of drug-likeness (QED) is 0.564.